The molecule has 2 heterocycles. The predicted octanol–water partition coefficient (Wildman–Crippen LogP) is 20.8. The minimum Gasteiger partial charge on any atom is -0.310 e. The first-order valence-corrected chi connectivity index (χ1v) is 27.1. The number of fused-ring (bicyclic) bond motifs is 7. The molecule has 13 aromatic carbocycles. The Balaban J connectivity index is 0.912. The molecular formula is C76H51N3. The van der Waals surface area contributed by atoms with Crippen molar-refractivity contribution >= 4 is 71.4 Å². The summed E-state index contributed by atoms with van der Waals surface area (Å²) in [5.74, 6) is 0. The quantitative estimate of drug-likeness (QED) is 0.133. The molecule has 3 heteroatoms. The van der Waals surface area contributed by atoms with Crippen molar-refractivity contribution in [1.82, 2.24) is 9.13 Å². The maximum Gasteiger partial charge on any atom is 0.0541 e. The molecule has 0 unspecified atom stereocenters. The summed E-state index contributed by atoms with van der Waals surface area (Å²) in [6.45, 7) is 0. The lowest BCUT2D eigenvalue weighted by molar-refractivity contribution is 1.18. The van der Waals surface area contributed by atoms with Crippen LogP contribution in [0.1, 0.15) is 0 Å². The van der Waals surface area contributed by atoms with Crippen molar-refractivity contribution < 1.29 is 0 Å². The molecule has 0 bridgehead atoms. The maximum atomic E-state index is 2.41. The average molecular weight is 1010 g/mol. The number of anilines is 3. The predicted molar refractivity (Wildman–Crippen MR) is 334 cm³/mol. The largest absolute Gasteiger partial charge is 0.310 e. The van der Waals surface area contributed by atoms with E-state index in [9.17, 15) is 0 Å². The van der Waals surface area contributed by atoms with Gasteiger partial charge in [-0.3, -0.25) is 0 Å². The zero-order valence-electron chi connectivity index (χ0n) is 43.3. The first-order valence-electron chi connectivity index (χ1n) is 27.1. The molecule has 0 spiro atoms. The van der Waals surface area contributed by atoms with Gasteiger partial charge in [0.15, 0.2) is 0 Å². The van der Waals surface area contributed by atoms with Crippen molar-refractivity contribution in [3.63, 3.8) is 0 Å². The Bertz CT molecular complexity index is 4470. The third-order valence-electron chi connectivity index (χ3n) is 15.9. The molecule has 370 valence electrons. The summed E-state index contributed by atoms with van der Waals surface area (Å²) in [4.78, 5) is 2.38. The van der Waals surface area contributed by atoms with Crippen LogP contribution in [-0.2, 0) is 0 Å². The fourth-order valence-corrected chi connectivity index (χ4v) is 12.2. The number of hydrogen-bond donors (Lipinski definition) is 0. The molecule has 3 nitrogen and oxygen atoms in total. The Hall–Kier alpha value is -10.5. The van der Waals surface area contributed by atoms with Crippen LogP contribution in [0.2, 0.25) is 0 Å². The molecule has 79 heavy (non-hydrogen) atoms. The molecular weight excluding hydrogens is 955 g/mol. The third-order valence-corrected chi connectivity index (χ3v) is 15.9. The van der Waals surface area contributed by atoms with Gasteiger partial charge >= 0.3 is 0 Å². The molecule has 0 atom stereocenters. The van der Waals surface area contributed by atoms with Gasteiger partial charge in [-0.1, -0.05) is 200 Å². The van der Waals surface area contributed by atoms with Crippen molar-refractivity contribution in [3.8, 4) is 67.0 Å². The smallest absolute Gasteiger partial charge is 0.0541 e. The van der Waals surface area contributed by atoms with Crippen molar-refractivity contribution in [1.29, 1.82) is 0 Å². The summed E-state index contributed by atoms with van der Waals surface area (Å²) in [5.41, 5.74) is 22.1. The van der Waals surface area contributed by atoms with Gasteiger partial charge < -0.3 is 14.0 Å². The van der Waals surface area contributed by atoms with Crippen molar-refractivity contribution in [3.05, 3.63) is 309 Å². The van der Waals surface area contributed by atoms with E-state index >= 15 is 0 Å². The van der Waals surface area contributed by atoms with Gasteiger partial charge in [-0.25, -0.2) is 0 Å². The summed E-state index contributed by atoms with van der Waals surface area (Å²) in [6.07, 6.45) is 0. The molecule has 0 saturated heterocycles. The Kier molecular flexibility index (Phi) is 11.2. The molecule has 15 rings (SSSR count). The molecule has 0 saturated carbocycles. The molecule has 0 fully saturated rings. The fourth-order valence-electron chi connectivity index (χ4n) is 12.2. The van der Waals surface area contributed by atoms with Gasteiger partial charge in [0.25, 0.3) is 0 Å². The highest BCUT2D eigenvalue weighted by molar-refractivity contribution is 6.13. The van der Waals surface area contributed by atoms with Gasteiger partial charge in [-0.05, 0) is 170 Å². The second kappa shape index (κ2) is 19.3. The van der Waals surface area contributed by atoms with Gasteiger partial charge in [0, 0.05) is 49.7 Å². The number of nitrogens with zero attached hydrogens (tertiary/aromatic N) is 3. The first-order chi connectivity index (χ1) is 39.2. The Morgan fingerprint density at radius 3 is 1.03 bits per heavy atom. The normalized spacial score (nSPS) is 11.5. The highest BCUT2D eigenvalue weighted by Crippen LogP contribution is 2.45. The third kappa shape index (κ3) is 8.07. The number of benzene rings is 13. The van der Waals surface area contributed by atoms with Crippen LogP contribution >= 0.6 is 0 Å². The lowest BCUT2D eigenvalue weighted by Crippen LogP contribution is -2.10. The summed E-state index contributed by atoms with van der Waals surface area (Å²) < 4.78 is 4.83. The summed E-state index contributed by atoms with van der Waals surface area (Å²) in [7, 11) is 0. The molecule has 0 aliphatic carbocycles. The monoisotopic (exact) mass is 1010 g/mol. The highest BCUT2D eigenvalue weighted by atomic mass is 15.1. The van der Waals surface area contributed by atoms with E-state index in [1.54, 1.807) is 0 Å². The number of rotatable bonds is 10. The van der Waals surface area contributed by atoms with Crippen LogP contribution in [0.4, 0.5) is 17.1 Å². The SMILES string of the molecule is c1ccc(-c2ccc(-n3c4ccccc4c4cc(-c5cc(-c6ccc7c(c6)c6ccccc6n7-c6ccc(-c7ccccc7)cc6)cc(-c6ccc(N(c7ccccc7)c7ccccc7)c7ccccc67)c5)ccc43)cc2)cc1. The van der Waals surface area contributed by atoms with Gasteiger partial charge in [-0.2, -0.15) is 0 Å². The van der Waals surface area contributed by atoms with E-state index in [1.165, 1.54) is 82.2 Å². The van der Waals surface area contributed by atoms with E-state index in [-0.39, 0.29) is 0 Å². The van der Waals surface area contributed by atoms with Crippen molar-refractivity contribution in [2.75, 3.05) is 4.90 Å². The highest BCUT2D eigenvalue weighted by Gasteiger charge is 2.21. The van der Waals surface area contributed by atoms with E-state index in [1.807, 2.05) is 0 Å². The van der Waals surface area contributed by atoms with Crippen molar-refractivity contribution in [2.45, 2.75) is 0 Å². The van der Waals surface area contributed by atoms with Crippen LogP contribution in [0.25, 0.3) is 121 Å². The van der Waals surface area contributed by atoms with Crippen LogP contribution in [0.3, 0.4) is 0 Å². The van der Waals surface area contributed by atoms with E-state index in [2.05, 4.69) is 323 Å². The zero-order chi connectivity index (χ0) is 52.2. The first kappa shape index (κ1) is 45.9. The topological polar surface area (TPSA) is 13.1 Å². The van der Waals surface area contributed by atoms with E-state index in [0.29, 0.717) is 0 Å². The van der Waals surface area contributed by atoms with E-state index in [0.717, 1.165) is 56.3 Å². The Morgan fingerprint density at radius 1 is 0.203 bits per heavy atom. The minimum absolute atomic E-state index is 1.11. The standard InChI is InChI=1S/C76H51N3/c1-5-19-52(20-6-1)54-33-39-63(40-34-54)78-72-31-17-15-29-68(72)70-50-56(37-44-75(70)78)58-47-59(57-38-45-76-71(51-57)69-30-16-18-32-73(69)79(76)64-41-35-55(36-42-64)53-21-7-2-8-22-53)49-60(48-58)65-43-46-74(67-28-14-13-27-66(65)67)77(61-23-9-3-10-24-61)62-25-11-4-12-26-62/h1-51H. The molecule has 0 N–H and O–H groups in total. The summed E-state index contributed by atoms with van der Waals surface area (Å²) in [6, 6.07) is 113. The Labute approximate surface area is 459 Å². The molecule has 0 amide bonds. The lowest BCUT2D eigenvalue weighted by Gasteiger charge is -2.27. The van der Waals surface area contributed by atoms with Crippen LogP contribution in [0.5, 0.6) is 0 Å². The van der Waals surface area contributed by atoms with Gasteiger partial charge in [-0.15, -0.1) is 0 Å². The second-order valence-electron chi connectivity index (χ2n) is 20.5. The lowest BCUT2D eigenvalue weighted by atomic mass is 9.90. The summed E-state index contributed by atoms with van der Waals surface area (Å²) in [5, 5.41) is 7.25. The molecule has 0 aliphatic rings. The fraction of sp³-hybridized carbons (Fsp3) is 0. The van der Waals surface area contributed by atoms with E-state index < -0.39 is 0 Å². The van der Waals surface area contributed by atoms with Gasteiger partial charge in [0.05, 0.1) is 27.8 Å². The molecule has 2 aromatic heterocycles. The van der Waals surface area contributed by atoms with Crippen molar-refractivity contribution in [2.24, 2.45) is 0 Å². The molecule has 0 radical (unpaired) electrons. The van der Waals surface area contributed by atoms with Crippen LogP contribution < -0.4 is 4.90 Å². The average Bonchev–Trinajstić information content (AvgIpc) is 4.29. The molecule has 0 aliphatic heterocycles. The molecule has 15 aromatic rings. The zero-order valence-corrected chi connectivity index (χ0v) is 43.3. The number of aromatic nitrogens is 2. The van der Waals surface area contributed by atoms with Crippen LogP contribution in [0.15, 0.2) is 309 Å². The van der Waals surface area contributed by atoms with Gasteiger partial charge in [0.2, 0.25) is 0 Å². The maximum absolute atomic E-state index is 2.41. The Morgan fingerprint density at radius 2 is 0.557 bits per heavy atom. The minimum atomic E-state index is 1.11. The second-order valence-corrected chi connectivity index (χ2v) is 20.5. The van der Waals surface area contributed by atoms with E-state index in [4.69, 9.17) is 0 Å². The number of para-hydroxylation sites is 4. The van der Waals surface area contributed by atoms with Crippen LogP contribution in [-0.4, -0.2) is 9.13 Å². The number of hydrogen-bond acceptors (Lipinski definition) is 1. The summed E-state index contributed by atoms with van der Waals surface area (Å²) >= 11 is 0. The van der Waals surface area contributed by atoms with Crippen LogP contribution in [0, 0.1) is 0 Å². The van der Waals surface area contributed by atoms with Gasteiger partial charge in [0.1, 0.15) is 0 Å².